The average Bonchev–Trinajstić information content (AvgIpc) is 2.16. The number of hydrogen-bond donors (Lipinski definition) is 2. The van der Waals surface area contributed by atoms with Gasteiger partial charge < -0.3 is 11.1 Å². The van der Waals surface area contributed by atoms with Crippen LogP contribution >= 0.6 is 11.8 Å². The monoisotopic (exact) mass is 216 g/mol. The summed E-state index contributed by atoms with van der Waals surface area (Å²) in [5.41, 5.74) is 6.47. The number of hydrogen-bond acceptors (Lipinski definition) is 3. The summed E-state index contributed by atoms with van der Waals surface area (Å²) in [7, 11) is 0. The number of rotatable bonds is 4. The molecule has 1 heterocycles. The molecule has 0 aromatic rings. The zero-order valence-electron chi connectivity index (χ0n) is 9.73. The second kappa shape index (κ2) is 4.86. The predicted molar refractivity (Wildman–Crippen MR) is 65.8 cm³/mol. The Kier molecular flexibility index (Phi) is 4.29. The van der Waals surface area contributed by atoms with E-state index in [0.29, 0.717) is 5.41 Å². The van der Waals surface area contributed by atoms with Crippen molar-refractivity contribution in [2.24, 2.45) is 11.1 Å². The molecule has 0 spiro atoms. The van der Waals surface area contributed by atoms with Crippen molar-refractivity contribution in [1.82, 2.24) is 5.32 Å². The predicted octanol–water partition coefficient (Wildman–Crippen LogP) is 1.85. The van der Waals surface area contributed by atoms with Crippen LogP contribution in [0.1, 0.15) is 33.6 Å². The molecule has 0 aromatic heterocycles. The summed E-state index contributed by atoms with van der Waals surface area (Å²) in [6, 6.07) is 0. The van der Waals surface area contributed by atoms with E-state index >= 15 is 0 Å². The lowest BCUT2D eigenvalue weighted by Crippen LogP contribution is -2.64. The molecular weight excluding hydrogens is 192 g/mol. The third-order valence-corrected chi connectivity index (χ3v) is 4.77. The van der Waals surface area contributed by atoms with E-state index in [9.17, 15) is 0 Å². The van der Waals surface area contributed by atoms with Crippen molar-refractivity contribution in [2.45, 2.75) is 39.2 Å². The van der Waals surface area contributed by atoms with Crippen LogP contribution < -0.4 is 11.1 Å². The highest BCUT2D eigenvalue weighted by atomic mass is 32.2. The topological polar surface area (TPSA) is 38.0 Å². The van der Waals surface area contributed by atoms with E-state index in [4.69, 9.17) is 5.73 Å². The van der Waals surface area contributed by atoms with Gasteiger partial charge >= 0.3 is 0 Å². The van der Waals surface area contributed by atoms with E-state index in [2.05, 4.69) is 26.1 Å². The number of nitrogens with two attached hydrogens (primary N) is 1. The Balaban J connectivity index is 2.72. The van der Waals surface area contributed by atoms with Crippen LogP contribution in [0.4, 0.5) is 0 Å². The fourth-order valence-electron chi connectivity index (χ4n) is 2.07. The molecule has 1 fully saturated rings. The maximum Gasteiger partial charge on any atom is 0.0447 e. The van der Waals surface area contributed by atoms with Crippen LogP contribution in [-0.4, -0.2) is 30.1 Å². The molecule has 1 rings (SSSR count). The molecule has 2 nitrogen and oxygen atoms in total. The lowest BCUT2D eigenvalue weighted by Gasteiger charge is -2.50. The maximum atomic E-state index is 5.98. The fraction of sp³-hybridized carbons (Fsp3) is 1.00. The molecule has 0 bridgehead atoms. The van der Waals surface area contributed by atoms with Gasteiger partial charge in [-0.05, 0) is 30.6 Å². The Morgan fingerprint density at radius 3 is 2.64 bits per heavy atom. The van der Waals surface area contributed by atoms with Crippen molar-refractivity contribution < 1.29 is 0 Å². The first-order chi connectivity index (χ1) is 6.58. The van der Waals surface area contributed by atoms with Gasteiger partial charge in [0.05, 0.1) is 0 Å². The van der Waals surface area contributed by atoms with E-state index in [0.717, 1.165) is 18.8 Å². The van der Waals surface area contributed by atoms with Gasteiger partial charge in [0.1, 0.15) is 0 Å². The fourth-order valence-corrected chi connectivity index (χ4v) is 3.83. The molecule has 0 aromatic carbocycles. The zero-order valence-corrected chi connectivity index (χ0v) is 10.5. The summed E-state index contributed by atoms with van der Waals surface area (Å²) in [4.78, 5) is 0. The molecule has 1 saturated heterocycles. The van der Waals surface area contributed by atoms with Crippen LogP contribution in [0.15, 0.2) is 0 Å². The van der Waals surface area contributed by atoms with Crippen LogP contribution in [0.5, 0.6) is 0 Å². The Morgan fingerprint density at radius 2 is 2.14 bits per heavy atom. The van der Waals surface area contributed by atoms with Gasteiger partial charge in [0.25, 0.3) is 0 Å². The summed E-state index contributed by atoms with van der Waals surface area (Å²) in [5, 5.41) is 3.68. The molecule has 1 unspecified atom stereocenters. The van der Waals surface area contributed by atoms with E-state index in [1.54, 1.807) is 0 Å². The highest BCUT2D eigenvalue weighted by Crippen LogP contribution is 2.41. The van der Waals surface area contributed by atoms with Gasteiger partial charge in [0, 0.05) is 17.8 Å². The molecule has 3 N–H and O–H groups in total. The normalized spacial score (nSPS) is 31.7. The lowest BCUT2D eigenvalue weighted by atomic mass is 9.70. The minimum atomic E-state index is 0.159. The molecular formula is C11H24N2S. The van der Waals surface area contributed by atoms with Crippen molar-refractivity contribution in [1.29, 1.82) is 0 Å². The molecule has 0 saturated carbocycles. The molecule has 3 heteroatoms. The number of thioether (sulfide) groups is 1. The number of nitrogens with one attached hydrogen (secondary N) is 1. The van der Waals surface area contributed by atoms with E-state index in [1.165, 1.54) is 18.6 Å². The first kappa shape index (κ1) is 12.3. The van der Waals surface area contributed by atoms with Gasteiger partial charge in [0.15, 0.2) is 0 Å². The van der Waals surface area contributed by atoms with E-state index < -0.39 is 0 Å². The summed E-state index contributed by atoms with van der Waals surface area (Å²) in [6.07, 6.45) is 2.45. The second-order valence-corrected chi connectivity index (χ2v) is 6.00. The Labute approximate surface area is 92.4 Å². The van der Waals surface area contributed by atoms with Gasteiger partial charge in [-0.25, -0.2) is 0 Å². The van der Waals surface area contributed by atoms with Gasteiger partial charge in [0.2, 0.25) is 0 Å². The summed E-state index contributed by atoms with van der Waals surface area (Å²) >= 11 is 2.04. The molecule has 0 radical (unpaired) electrons. The quantitative estimate of drug-likeness (QED) is 0.753. The highest BCUT2D eigenvalue weighted by molar-refractivity contribution is 7.99. The van der Waals surface area contributed by atoms with Crippen LogP contribution in [0, 0.1) is 5.41 Å². The molecule has 1 aliphatic rings. The van der Waals surface area contributed by atoms with Gasteiger partial charge in [-0.15, -0.1) is 0 Å². The molecule has 84 valence electrons. The molecule has 0 aliphatic carbocycles. The third kappa shape index (κ3) is 2.26. The Morgan fingerprint density at radius 1 is 1.43 bits per heavy atom. The smallest absolute Gasteiger partial charge is 0.0447 e. The van der Waals surface area contributed by atoms with Crippen molar-refractivity contribution in [3.05, 3.63) is 0 Å². The molecule has 0 amide bonds. The SMILES string of the molecule is CCCNC1(CN)CSCCC1(C)C. The minimum Gasteiger partial charge on any atom is -0.329 e. The first-order valence-corrected chi connectivity index (χ1v) is 6.76. The van der Waals surface area contributed by atoms with Gasteiger partial charge in [-0.1, -0.05) is 20.8 Å². The molecule has 1 atom stereocenters. The Bertz CT molecular complexity index is 182. The summed E-state index contributed by atoms with van der Waals surface area (Å²) < 4.78 is 0. The average molecular weight is 216 g/mol. The van der Waals surface area contributed by atoms with Crippen LogP contribution in [-0.2, 0) is 0 Å². The maximum absolute atomic E-state index is 5.98. The summed E-state index contributed by atoms with van der Waals surface area (Å²) in [6.45, 7) is 8.75. The largest absolute Gasteiger partial charge is 0.329 e. The lowest BCUT2D eigenvalue weighted by molar-refractivity contribution is 0.137. The van der Waals surface area contributed by atoms with Crippen LogP contribution in [0.3, 0.4) is 0 Å². The van der Waals surface area contributed by atoms with Crippen molar-refractivity contribution >= 4 is 11.8 Å². The van der Waals surface area contributed by atoms with Crippen molar-refractivity contribution in [3.8, 4) is 0 Å². The van der Waals surface area contributed by atoms with Crippen molar-refractivity contribution in [3.63, 3.8) is 0 Å². The first-order valence-electron chi connectivity index (χ1n) is 5.61. The van der Waals surface area contributed by atoms with Gasteiger partial charge in [-0.3, -0.25) is 0 Å². The molecule has 1 aliphatic heterocycles. The van der Waals surface area contributed by atoms with E-state index in [1.807, 2.05) is 11.8 Å². The third-order valence-electron chi connectivity index (χ3n) is 3.58. The van der Waals surface area contributed by atoms with Crippen molar-refractivity contribution in [2.75, 3.05) is 24.6 Å². The van der Waals surface area contributed by atoms with Crippen LogP contribution in [0.2, 0.25) is 0 Å². The zero-order chi connectivity index (χ0) is 10.7. The standard InChI is InChI=1S/C11H24N2S/c1-4-6-13-11(8-12)9-14-7-5-10(11,2)3/h13H,4-9,12H2,1-3H3. The second-order valence-electron chi connectivity index (χ2n) is 4.90. The Hall–Kier alpha value is 0.270. The van der Waals surface area contributed by atoms with Gasteiger partial charge in [-0.2, -0.15) is 11.8 Å². The van der Waals surface area contributed by atoms with E-state index in [-0.39, 0.29) is 5.54 Å². The summed E-state index contributed by atoms with van der Waals surface area (Å²) in [5.74, 6) is 2.44. The minimum absolute atomic E-state index is 0.159. The van der Waals surface area contributed by atoms with Crippen LogP contribution in [0.25, 0.3) is 0 Å². The molecule has 14 heavy (non-hydrogen) atoms. The highest BCUT2D eigenvalue weighted by Gasteiger charge is 2.45.